The molecule has 3 aromatic carbocycles. The van der Waals surface area contributed by atoms with Crippen molar-refractivity contribution in [2.24, 2.45) is 5.92 Å². The molecule has 2 aliphatic rings. The summed E-state index contributed by atoms with van der Waals surface area (Å²) in [5.41, 5.74) is 1.59. The molecule has 2 amide bonds. The van der Waals surface area contributed by atoms with Crippen LogP contribution in [0.5, 0.6) is 5.75 Å². The second-order valence-corrected chi connectivity index (χ2v) is 8.70. The van der Waals surface area contributed by atoms with Crippen LogP contribution in [0.1, 0.15) is 11.6 Å². The van der Waals surface area contributed by atoms with Crippen molar-refractivity contribution in [3.8, 4) is 5.75 Å². The zero-order chi connectivity index (χ0) is 21.7. The molecule has 2 fully saturated rings. The molecular weight excluding hydrogens is 484 g/mol. The van der Waals surface area contributed by atoms with Crippen LogP contribution in [0.25, 0.3) is 0 Å². The molecule has 3 aromatic rings. The number of aromatic hydroxyl groups is 1. The molecule has 0 aromatic heterocycles. The number of carbonyl (C=O) groups is 2. The van der Waals surface area contributed by atoms with Gasteiger partial charge in [-0.1, -0.05) is 45.7 Å². The number of anilines is 2. The van der Waals surface area contributed by atoms with Gasteiger partial charge in [0.2, 0.25) is 5.91 Å². The number of nitrogens with zero attached hydrogens (tertiary/aromatic N) is 2. The molecule has 0 saturated carbocycles. The molecule has 31 heavy (non-hydrogen) atoms. The largest absolute Gasteiger partial charge is 0.508 e. The van der Waals surface area contributed by atoms with Crippen molar-refractivity contribution in [3.05, 3.63) is 87.9 Å². The fourth-order valence-electron chi connectivity index (χ4n) is 4.14. The lowest BCUT2D eigenvalue weighted by molar-refractivity contribution is -0.126. The van der Waals surface area contributed by atoms with Gasteiger partial charge in [0.25, 0.3) is 5.91 Å². The molecule has 0 spiro atoms. The van der Waals surface area contributed by atoms with Crippen LogP contribution in [0.3, 0.4) is 0 Å². The second kappa shape index (κ2) is 7.67. The number of para-hydroxylation sites is 1. The average Bonchev–Trinajstić information content (AvgIpc) is 3.27. The van der Waals surface area contributed by atoms with Gasteiger partial charge < -0.3 is 5.11 Å². The van der Waals surface area contributed by atoms with E-state index in [9.17, 15) is 14.7 Å². The summed E-state index contributed by atoms with van der Waals surface area (Å²) in [6, 6.07) is 19.9. The summed E-state index contributed by atoms with van der Waals surface area (Å²) in [6.45, 7) is 0. The average molecular weight is 500 g/mol. The maximum absolute atomic E-state index is 13.5. The lowest BCUT2D eigenvalue weighted by atomic mass is 9.90. The van der Waals surface area contributed by atoms with Crippen molar-refractivity contribution in [2.45, 2.75) is 12.1 Å². The number of halogens is 2. The minimum absolute atomic E-state index is 0.00910. The maximum Gasteiger partial charge on any atom is 0.266 e. The summed E-state index contributed by atoms with van der Waals surface area (Å²) >= 11 is 9.45. The lowest BCUT2D eigenvalue weighted by Crippen LogP contribution is -2.37. The van der Waals surface area contributed by atoms with Gasteiger partial charge in [-0.05, 0) is 54.6 Å². The molecule has 0 radical (unpaired) electrons. The van der Waals surface area contributed by atoms with Crippen LogP contribution in [0, 0.1) is 5.92 Å². The summed E-state index contributed by atoms with van der Waals surface area (Å²) in [7, 11) is 0. The van der Waals surface area contributed by atoms with Crippen molar-refractivity contribution in [3.63, 3.8) is 0 Å². The second-order valence-electron chi connectivity index (χ2n) is 7.35. The Hall–Kier alpha value is -2.87. The Morgan fingerprint density at radius 3 is 2.32 bits per heavy atom. The number of benzene rings is 3. The van der Waals surface area contributed by atoms with Gasteiger partial charge in [0.15, 0.2) is 6.10 Å². The number of carbonyl (C=O) groups excluding carboxylic acids is 2. The first-order valence-corrected chi connectivity index (χ1v) is 10.8. The first-order chi connectivity index (χ1) is 15.0. The highest BCUT2D eigenvalue weighted by Crippen LogP contribution is 2.49. The summed E-state index contributed by atoms with van der Waals surface area (Å²) in [4.78, 5) is 33.9. The normalized spacial score (nSPS) is 22.8. The van der Waals surface area contributed by atoms with Gasteiger partial charge >= 0.3 is 0 Å². The zero-order valence-corrected chi connectivity index (χ0v) is 18.3. The Kier molecular flexibility index (Phi) is 4.97. The number of imide groups is 1. The number of hydroxylamine groups is 1. The molecule has 156 valence electrons. The van der Waals surface area contributed by atoms with E-state index >= 15 is 0 Å². The van der Waals surface area contributed by atoms with Gasteiger partial charge in [-0.3, -0.25) is 14.4 Å². The Morgan fingerprint density at radius 2 is 1.61 bits per heavy atom. The Morgan fingerprint density at radius 1 is 0.903 bits per heavy atom. The van der Waals surface area contributed by atoms with E-state index < -0.39 is 24.0 Å². The SMILES string of the molecule is O=C1[C@H]2[C@H](ON(c3ccc(Cl)cc3)[C@H]2c2cc(Br)ccc2O)C(=O)N1c1ccccc1. The van der Waals surface area contributed by atoms with Crippen molar-refractivity contribution in [1.29, 1.82) is 0 Å². The molecule has 0 bridgehead atoms. The van der Waals surface area contributed by atoms with Crippen LogP contribution in [0.15, 0.2) is 77.3 Å². The molecule has 8 heteroatoms. The van der Waals surface area contributed by atoms with Gasteiger partial charge in [0, 0.05) is 15.1 Å². The van der Waals surface area contributed by atoms with E-state index in [0.717, 1.165) is 9.37 Å². The first kappa shape index (κ1) is 20.1. The lowest BCUT2D eigenvalue weighted by Gasteiger charge is -2.29. The van der Waals surface area contributed by atoms with E-state index in [1.165, 1.54) is 5.06 Å². The van der Waals surface area contributed by atoms with Crippen LogP contribution in [-0.4, -0.2) is 23.0 Å². The van der Waals surface area contributed by atoms with Crippen molar-refractivity contribution in [2.75, 3.05) is 9.96 Å². The van der Waals surface area contributed by atoms with Gasteiger partial charge in [0.1, 0.15) is 11.7 Å². The highest BCUT2D eigenvalue weighted by atomic mass is 79.9. The number of hydrogen-bond acceptors (Lipinski definition) is 5. The van der Waals surface area contributed by atoms with Gasteiger partial charge in [0.05, 0.1) is 17.4 Å². The smallest absolute Gasteiger partial charge is 0.266 e. The topological polar surface area (TPSA) is 70.1 Å². The minimum Gasteiger partial charge on any atom is -0.508 e. The summed E-state index contributed by atoms with van der Waals surface area (Å²) < 4.78 is 0.733. The molecule has 2 aliphatic heterocycles. The zero-order valence-electron chi connectivity index (χ0n) is 16.0. The number of phenols is 1. The van der Waals surface area contributed by atoms with Gasteiger partial charge in [-0.25, -0.2) is 9.96 Å². The Labute approximate surface area is 191 Å². The Bertz CT molecular complexity index is 1170. The van der Waals surface area contributed by atoms with E-state index in [1.54, 1.807) is 66.7 Å². The van der Waals surface area contributed by atoms with Crippen molar-refractivity contribution < 1.29 is 19.5 Å². The molecule has 3 atom stereocenters. The molecular formula is C23H16BrClN2O4. The van der Waals surface area contributed by atoms with E-state index in [-0.39, 0.29) is 11.7 Å². The van der Waals surface area contributed by atoms with Crippen LogP contribution in [-0.2, 0) is 14.4 Å². The van der Waals surface area contributed by atoms with Crippen LogP contribution in [0.2, 0.25) is 5.02 Å². The Balaban J connectivity index is 1.63. The standard InChI is InChI=1S/C23H16BrClN2O4/c24-13-6-11-18(28)17(12-13)20-19-21(31-27(20)16-9-7-14(25)8-10-16)23(30)26(22(19)29)15-4-2-1-3-5-15/h1-12,19-21,28H/t19-,20+,21+/m1/s1. The fourth-order valence-corrected chi connectivity index (χ4v) is 4.64. The number of hydrogen-bond donors (Lipinski definition) is 1. The molecule has 2 saturated heterocycles. The van der Waals surface area contributed by atoms with Gasteiger partial charge in [-0.15, -0.1) is 0 Å². The van der Waals surface area contributed by atoms with E-state index in [4.69, 9.17) is 16.4 Å². The maximum atomic E-state index is 13.5. The van der Waals surface area contributed by atoms with E-state index in [2.05, 4.69) is 15.9 Å². The summed E-state index contributed by atoms with van der Waals surface area (Å²) in [6.07, 6.45) is -1.01. The summed E-state index contributed by atoms with van der Waals surface area (Å²) in [5, 5.41) is 12.7. The van der Waals surface area contributed by atoms with Crippen molar-refractivity contribution in [1.82, 2.24) is 0 Å². The summed E-state index contributed by atoms with van der Waals surface area (Å²) in [5.74, 6) is -1.63. The van der Waals surface area contributed by atoms with E-state index in [1.807, 2.05) is 6.07 Å². The predicted molar refractivity (Wildman–Crippen MR) is 120 cm³/mol. The van der Waals surface area contributed by atoms with Crippen molar-refractivity contribution >= 4 is 50.7 Å². The minimum atomic E-state index is -1.01. The molecule has 5 rings (SSSR count). The monoisotopic (exact) mass is 498 g/mol. The highest BCUT2D eigenvalue weighted by Gasteiger charge is 2.60. The fraction of sp³-hybridized carbons (Fsp3) is 0.130. The molecule has 6 nitrogen and oxygen atoms in total. The van der Waals surface area contributed by atoms with Crippen LogP contribution in [0.4, 0.5) is 11.4 Å². The molecule has 0 unspecified atom stereocenters. The number of phenolic OH excluding ortho intramolecular Hbond substituents is 1. The third kappa shape index (κ3) is 3.29. The number of fused-ring (bicyclic) bond motifs is 1. The predicted octanol–water partition coefficient (Wildman–Crippen LogP) is 4.86. The highest BCUT2D eigenvalue weighted by molar-refractivity contribution is 9.10. The molecule has 1 N–H and O–H groups in total. The first-order valence-electron chi connectivity index (χ1n) is 9.58. The number of rotatable bonds is 3. The third-order valence-electron chi connectivity index (χ3n) is 5.52. The van der Waals surface area contributed by atoms with E-state index in [0.29, 0.717) is 22.0 Å². The van der Waals surface area contributed by atoms with Gasteiger partial charge in [-0.2, -0.15) is 0 Å². The quantitative estimate of drug-likeness (QED) is 0.521. The molecule has 2 heterocycles. The molecule has 0 aliphatic carbocycles. The third-order valence-corrected chi connectivity index (χ3v) is 6.26. The van der Waals surface area contributed by atoms with Crippen LogP contribution < -0.4 is 9.96 Å². The van der Waals surface area contributed by atoms with Crippen LogP contribution >= 0.6 is 27.5 Å². The number of amides is 2.